The van der Waals surface area contributed by atoms with E-state index in [0.717, 1.165) is 29.7 Å². The number of hydrogen-bond donors (Lipinski definition) is 1. The lowest BCUT2D eigenvalue weighted by atomic mass is 10.0. The molecule has 0 aliphatic carbocycles. The average Bonchev–Trinajstić information content (AvgIpc) is 2.78. The molecule has 1 aliphatic rings. The van der Waals surface area contributed by atoms with Crippen molar-refractivity contribution in [2.45, 2.75) is 19.8 Å². The highest BCUT2D eigenvalue weighted by Gasteiger charge is 2.26. The van der Waals surface area contributed by atoms with E-state index >= 15 is 0 Å². The van der Waals surface area contributed by atoms with Gasteiger partial charge in [-0.2, -0.15) is 0 Å². The maximum absolute atomic E-state index is 12.5. The Morgan fingerprint density at radius 2 is 1.80 bits per heavy atom. The molecule has 25 heavy (non-hydrogen) atoms. The molecule has 0 aromatic heterocycles. The molecular formula is C19H20N2O4. The lowest BCUT2D eigenvalue weighted by Crippen LogP contribution is -2.26. The van der Waals surface area contributed by atoms with E-state index < -0.39 is 12.2 Å². The van der Waals surface area contributed by atoms with E-state index in [1.165, 1.54) is 7.11 Å². The normalized spacial score (nSPS) is 12.5. The van der Waals surface area contributed by atoms with Crippen molar-refractivity contribution >= 4 is 29.2 Å². The van der Waals surface area contributed by atoms with Crippen molar-refractivity contribution in [2.75, 3.05) is 23.9 Å². The fourth-order valence-corrected chi connectivity index (χ4v) is 2.97. The largest absolute Gasteiger partial charge is 0.452 e. The predicted octanol–water partition coefficient (Wildman–Crippen LogP) is 4.26. The summed E-state index contributed by atoms with van der Waals surface area (Å²) in [6.07, 6.45) is 0.617. The van der Waals surface area contributed by atoms with Gasteiger partial charge in [0.1, 0.15) is 0 Å². The Bertz CT molecular complexity index is 804. The molecule has 6 heteroatoms. The Hall–Kier alpha value is -3.02. The number of aryl methyl sites for hydroxylation is 2. The monoisotopic (exact) mass is 340 g/mol. The van der Waals surface area contributed by atoms with Crippen molar-refractivity contribution in [3.05, 3.63) is 53.6 Å². The number of ether oxygens (including phenoxy) is 2. The number of carbonyl (C=O) groups excluding carboxylic acids is 2. The van der Waals surface area contributed by atoms with Crippen molar-refractivity contribution < 1.29 is 19.1 Å². The van der Waals surface area contributed by atoms with E-state index in [1.54, 1.807) is 24.0 Å². The summed E-state index contributed by atoms with van der Waals surface area (Å²) < 4.78 is 9.90. The van der Waals surface area contributed by atoms with Gasteiger partial charge < -0.3 is 9.47 Å². The smallest absolute Gasteiger partial charge is 0.418 e. The van der Waals surface area contributed by atoms with Crippen LogP contribution in [0.3, 0.4) is 0 Å². The van der Waals surface area contributed by atoms with Gasteiger partial charge in [-0.1, -0.05) is 24.3 Å². The van der Waals surface area contributed by atoms with E-state index in [2.05, 4.69) is 5.32 Å². The number of fused-ring (bicyclic) bond motifs is 2. The molecule has 1 N–H and O–H groups in total. The minimum Gasteiger partial charge on any atom is -0.452 e. The molecule has 3 rings (SSSR count). The lowest BCUT2D eigenvalue weighted by Gasteiger charge is -2.24. The molecule has 2 amide bonds. The maximum atomic E-state index is 12.5. The Balaban J connectivity index is 2.05. The number of nitrogens with one attached hydrogen (secondary N) is 1. The molecule has 2 aromatic carbocycles. The summed E-state index contributed by atoms with van der Waals surface area (Å²) in [6.45, 7) is 2.03. The summed E-state index contributed by atoms with van der Waals surface area (Å²) in [6, 6.07) is 13.2. The van der Waals surface area contributed by atoms with Crippen LogP contribution in [0.5, 0.6) is 0 Å². The molecule has 0 saturated carbocycles. The Labute approximate surface area is 146 Å². The minimum atomic E-state index is -0.527. The van der Waals surface area contributed by atoms with Gasteiger partial charge in [0.2, 0.25) is 0 Å². The Morgan fingerprint density at radius 1 is 1.08 bits per heavy atom. The van der Waals surface area contributed by atoms with Crippen LogP contribution in [0.2, 0.25) is 0 Å². The molecular weight excluding hydrogens is 320 g/mol. The second-order valence-corrected chi connectivity index (χ2v) is 5.62. The quantitative estimate of drug-likeness (QED) is 0.887. The van der Waals surface area contributed by atoms with Crippen molar-refractivity contribution in [3.63, 3.8) is 0 Å². The summed E-state index contributed by atoms with van der Waals surface area (Å²) in [4.78, 5) is 25.7. The van der Waals surface area contributed by atoms with Crippen molar-refractivity contribution in [2.24, 2.45) is 0 Å². The summed E-state index contributed by atoms with van der Waals surface area (Å²) >= 11 is 0. The molecule has 130 valence electrons. The van der Waals surface area contributed by atoms with Gasteiger partial charge >= 0.3 is 12.2 Å². The zero-order valence-electron chi connectivity index (χ0n) is 14.2. The van der Waals surface area contributed by atoms with E-state index in [4.69, 9.17) is 9.47 Å². The van der Waals surface area contributed by atoms with Gasteiger partial charge in [-0.25, -0.2) is 14.5 Å². The third-order valence-electron chi connectivity index (χ3n) is 4.10. The predicted molar refractivity (Wildman–Crippen MR) is 95.5 cm³/mol. The Morgan fingerprint density at radius 3 is 2.52 bits per heavy atom. The number of para-hydroxylation sites is 1. The molecule has 0 saturated heterocycles. The first-order valence-corrected chi connectivity index (χ1v) is 8.16. The summed E-state index contributed by atoms with van der Waals surface area (Å²) in [7, 11) is 1.36. The molecule has 0 atom stereocenters. The molecule has 0 spiro atoms. The third-order valence-corrected chi connectivity index (χ3v) is 4.10. The summed E-state index contributed by atoms with van der Waals surface area (Å²) in [5.41, 5.74) is 4.14. The van der Waals surface area contributed by atoms with Crippen LogP contribution >= 0.6 is 0 Å². The second-order valence-electron chi connectivity index (χ2n) is 5.62. The first-order chi connectivity index (χ1) is 12.1. The topological polar surface area (TPSA) is 67.9 Å². The number of anilines is 3. The fraction of sp³-hybridized carbons (Fsp3) is 0.263. The number of amides is 2. The van der Waals surface area contributed by atoms with Crippen molar-refractivity contribution in [1.82, 2.24) is 0 Å². The van der Waals surface area contributed by atoms with Gasteiger partial charge in [-0.15, -0.1) is 0 Å². The molecule has 6 nitrogen and oxygen atoms in total. The van der Waals surface area contributed by atoms with Crippen LogP contribution in [0.15, 0.2) is 42.5 Å². The van der Waals surface area contributed by atoms with Crippen molar-refractivity contribution in [1.29, 1.82) is 0 Å². The summed E-state index contributed by atoms with van der Waals surface area (Å²) in [5.74, 6) is 0. The van der Waals surface area contributed by atoms with Crippen LogP contribution in [-0.4, -0.2) is 25.9 Å². The standard InChI is InChI=1S/C19H20N2O4/c1-3-25-18(22)20-15-11-10-14-9-8-13-6-4-5-7-16(13)21(17(14)12-15)19(23)24-2/h4-7,10-12H,3,8-9H2,1-2H3,(H,20,22). The van der Waals surface area contributed by atoms with Crippen LogP contribution < -0.4 is 10.2 Å². The minimum absolute atomic E-state index is 0.290. The van der Waals surface area contributed by atoms with Crippen LogP contribution in [0.25, 0.3) is 0 Å². The third kappa shape index (κ3) is 3.42. The Kier molecular flexibility index (Phi) is 4.88. The highest BCUT2D eigenvalue weighted by Crippen LogP contribution is 2.37. The van der Waals surface area contributed by atoms with Gasteiger partial charge in [0.25, 0.3) is 0 Å². The van der Waals surface area contributed by atoms with Gasteiger partial charge in [-0.05, 0) is 49.1 Å². The second kappa shape index (κ2) is 7.25. The van der Waals surface area contributed by atoms with Gasteiger partial charge in [0.05, 0.1) is 25.1 Å². The number of nitrogens with zero attached hydrogens (tertiary/aromatic N) is 1. The summed E-state index contributed by atoms with van der Waals surface area (Å²) in [5, 5.41) is 2.67. The number of methoxy groups -OCH3 is 1. The first kappa shape index (κ1) is 16.8. The SMILES string of the molecule is CCOC(=O)Nc1ccc2c(c1)N(C(=O)OC)c1ccccc1CC2. The number of carbonyl (C=O) groups is 2. The molecule has 0 radical (unpaired) electrons. The van der Waals surface area contributed by atoms with Gasteiger partial charge in [-0.3, -0.25) is 5.32 Å². The molecule has 2 aromatic rings. The zero-order chi connectivity index (χ0) is 17.8. The van der Waals surface area contributed by atoms with Crippen LogP contribution in [0.4, 0.5) is 26.7 Å². The van der Waals surface area contributed by atoms with Crippen LogP contribution in [-0.2, 0) is 22.3 Å². The molecule has 0 bridgehead atoms. The highest BCUT2D eigenvalue weighted by atomic mass is 16.5. The first-order valence-electron chi connectivity index (χ1n) is 8.16. The number of hydrogen-bond acceptors (Lipinski definition) is 4. The van der Waals surface area contributed by atoms with Crippen LogP contribution in [0.1, 0.15) is 18.1 Å². The van der Waals surface area contributed by atoms with E-state index in [1.807, 2.05) is 30.3 Å². The number of benzene rings is 2. The molecule has 0 fully saturated rings. The molecule has 0 unspecified atom stereocenters. The average molecular weight is 340 g/mol. The molecule has 1 aliphatic heterocycles. The van der Waals surface area contributed by atoms with Gasteiger partial charge in [0, 0.05) is 5.69 Å². The maximum Gasteiger partial charge on any atom is 0.418 e. The molecule has 1 heterocycles. The lowest BCUT2D eigenvalue weighted by molar-refractivity contribution is 0.168. The zero-order valence-corrected chi connectivity index (χ0v) is 14.2. The van der Waals surface area contributed by atoms with E-state index in [-0.39, 0.29) is 0 Å². The number of rotatable bonds is 2. The van der Waals surface area contributed by atoms with E-state index in [9.17, 15) is 9.59 Å². The van der Waals surface area contributed by atoms with Crippen LogP contribution in [0, 0.1) is 0 Å². The van der Waals surface area contributed by atoms with E-state index in [0.29, 0.717) is 18.0 Å². The van der Waals surface area contributed by atoms with Gasteiger partial charge in [0.15, 0.2) is 0 Å². The fourth-order valence-electron chi connectivity index (χ4n) is 2.97. The van der Waals surface area contributed by atoms with Crippen molar-refractivity contribution in [3.8, 4) is 0 Å². The highest BCUT2D eigenvalue weighted by molar-refractivity contribution is 5.99.